The number of aromatic hydroxyl groups is 1. The molecule has 0 aliphatic rings. The van der Waals surface area contributed by atoms with Gasteiger partial charge in [-0.25, -0.2) is 4.79 Å². The van der Waals surface area contributed by atoms with E-state index in [1.54, 1.807) is 12.1 Å². The van der Waals surface area contributed by atoms with Gasteiger partial charge in [-0.2, -0.15) is 0 Å². The summed E-state index contributed by atoms with van der Waals surface area (Å²) < 4.78 is 10.6. The maximum atomic E-state index is 12.7. The quantitative estimate of drug-likeness (QED) is 0.184. The molecular formula is C20H23I3O3. The predicted molar refractivity (Wildman–Crippen MR) is 134 cm³/mol. The van der Waals surface area contributed by atoms with Crippen molar-refractivity contribution < 1.29 is 14.6 Å². The van der Waals surface area contributed by atoms with Crippen molar-refractivity contribution in [1.82, 2.24) is 0 Å². The van der Waals surface area contributed by atoms with E-state index in [0.717, 1.165) is 21.1 Å². The van der Waals surface area contributed by atoms with E-state index in [1.807, 2.05) is 40.2 Å². The molecular weight excluding hydrogens is 669 g/mol. The topological polar surface area (TPSA) is 46.5 Å². The Kier molecular flexibility index (Phi) is 10.2. The van der Waals surface area contributed by atoms with Gasteiger partial charge in [-0.05, 0) is 86.8 Å². The molecule has 0 aliphatic heterocycles. The second kappa shape index (κ2) is 11.0. The van der Waals surface area contributed by atoms with Gasteiger partial charge >= 0.3 is 5.97 Å². The summed E-state index contributed by atoms with van der Waals surface area (Å²) in [5.41, 5.74) is 1.27. The summed E-state index contributed by atoms with van der Waals surface area (Å²) in [5, 5.41) is 10.1. The van der Waals surface area contributed by atoms with Crippen LogP contribution in [0, 0.1) is 0 Å². The summed E-state index contributed by atoms with van der Waals surface area (Å²) in [7, 11) is 0. The van der Waals surface area contributed by atoms with E-state index in [-0.39, 0.29) is 11.3 Å². The van der Waals surface area contributed by atoms with Crippen molar-refractivity contribution in [1.29, 1.82) is 0 Å². The van der Waals surface area contributed by atoms with Gasteiger partial charge in [-0.3, -0.25) is 0 Å². The van der Waals surface area contributed by atoms with E-state index in [1.165, 1.54) is 0 Å². The minimum atomic E-state index is -0.827. The monoisotopic (exact) mass is 692 g/mol. The van der Waals surface area contributed by atoms with Crippen LogP contribution in [0.5, 0.6) is 5.75 Å². The second-order valence-corrected chi connectivity index (χ2v) is 8.96. The number of esters is 1. The molecule has 1 atom stereocenters. The first-order chi connectivity index (χ1) is 12.2. The van der Waals surface area contributed by atoms with Crippen LogP contribution >= 0.6 is 67.8 Å². The Morgan fingerprint density at radius 2 is 2.00 bits per heavy atom. The molecule has 0 aromatic heterocycles. The van der Waals surface area contributed by atoms with E-state index in [4.69, 9.17) is 4.74 Å². The molecule has 0 spiro atoms. The van der Waals surface area contributed by atoms with E-state index < -0.39 is 11.6 Å². The highest BCUT2D eigenvalue weighted by molar-refractivity contribution is 14.1. The zero-order valence-electron chi connectivity index (χ0n) is 15.2. The summed E-state index contributed by atoms with van der Waals surface area (Å²) in [6.45, 7) is 7.88. The Labute approximate surface area is 196 Å². The Balaban J connectivity index is 3.13. The minimum absolute atomic E-state index is 0.0594. The van der Waals surface area contributed by atoms with Crippen molar-refractivity contribution >= 4 is 73.7 Å². The number of phenols is 1. The van der Waals surface area contributed by atoms with Crippen LogP contribution < -0.4 is 0 Å². The van der Waals surface area contributed by atoms with Crippen LogP contribution in [-0.2, 0) is 4.74 Å². The van der Waals surface area contributed by atoms with Gasteiger partial charge in [-0.15, -0.1) is 0 Å². The fourth-order valence-corrected chi connectivity index (χ4v) is 4.72. The lowest BCUT2D eigenvalue weighted by Gasteiger charge is -2.27. The Morgan fingerprint density at radius 1 is 1.35 bits per heavy atom. The number of benzene rings is 1. The number of hydrogen-bond acceptors (Lipinski definition) is 3. The van der Waals surface area contributed by atoms with Crippen molar-refractivity contribution in [2.24, 2.45) is 0 Å². The Hall–Kier alpha value is -0.1000. The zero-order valence-corrected chi connectivity index (χ0v) is 21.7. The summed E-state index contributed by atoms with van der Waals surface area (Å²) in [6, 6.07) is 5.14. The normalized spacial score (nSPS) is 14.6. The zero-order chi connectivity index (χ0) is 19.9. The highest BCUT2D eigenvalue weighted by Gasteiger charge is 2.28. The molecule has 0 bridgehead atoms. The Bertz CT molecular complexity index is 734. The summed E-state index contributed by atoms with van der Waals surface area (Å²) in [4.78, 5) is 12.7. The molecule has 142 valence electrons. The van der Waals surface area contributed by atoms with Gasteiger partial charge in [0.15, 0.2) is 0 Å². The van der Waals surface area contributed by atoms with Gasteiger partial charge < -0.3 is 9.84 Å². The molecule has 0 heterocycles. The van der Waals surface area contributed by atoms with E-state index in [2.05, 4.69) is 81.6 Å². The van der Waals surface area contributed by atoms with Crippen molar-refractivity contribution in [2.45, 2.75) is 45.6 Å². The lowest BCUT2D eigenvalue weighted by atomic mass is 9.96. The molecule has 0 aliphatic carbocycles. The van der Waals surface area contributed by atoms with E-state index >= 15 is 0 Å². The van der Waals surface area contributed by atoms with Crippen molar-refractivity contribution in [3.63, 3.8) is 0 Å². The van der Waals surface area contributed by atoms with Crippen molar-refractivity contribution in [2.75, 3.05) is 0 Å². The fraction of sp³-hybridized carbons (Fsp3) is 0.350. The first-order valence-electron chi connectivity index (χ1n) is 8.17. The molecule has 1 unspecified atom stereocenters. The lowest BCUT2D eigenvalue weighted by Crippen LogP contribution is -2.30. The standard InChI is InChI=1S/C20H23I3O3/c1-5-13(2)14-6-7-18(24)17(10-14)19(25)26-20(3,4)15(12-22)11-16(23)8-9-21/h6-13,24H,5H2,1-4H3/b9-8+,15-12-,16-11+. The molecule has 0 saturated heterocycles. The second-order valence-electron chi connectivity index (χ2n) is 6.37. The molecule has 3 nitrogen and oxygen atoms in total. The number of hydrogen-bond donors (Lipinski definition) is 1. The first kappa shape index (κ1) is 23.9. The maximum absolute atomic E-state index is 12.7. The number of carbonyl (C=O) groups is 1. The van der Waals surface area contributed by atoms with Crippen LogP contribution in [0.4, 0.5) is 0 Å². The van der Waals surface area contributed by atoms with Crippen molar-refractivity contribution in [3.8, 4) is 5.75 Å². The van der Waals surface area contributed by atoms with Crippen LogP contribution in [0.2, 0.25) is 0 Å². The van der Waals surface area contributed by atoms with Gasteiger partial charge in [0.2, 0.25) is 0 Å². The van der Waals surface area contributed by atoms with Gasteiger partial charge in [-0.1, -0.05) is 65.1 Å². The van der Waals surface area contributed by atoms with Gasteiger partial charge in [0.25, 0.3) is 0 Å². The predicted octanol–water partition coefficient (Wildman–Crippen LogP) is 7.43. The lowest BCUT2D eigenvalue weighted by molar-refractivity contribution is 0.0143. The van der Waals surface area contributed by atoms with Gasteiger partial charge in [0.1, 0.15) is 16.9 Å². The van der Waals surface area contributed by atoms with E-state index in [9.17, 15) is 9.90 Å². The molecule has 26 heavy (non-hydrogen) atoms. The molecule has 0 radical (unpaired) electrons. The molecule has 1 rings (SSSR count). The smallest absolute Gasteiger partial charge is 0.342 e. The molecule has 0 amide bonds. The maximum Gasteiger partial charge on any atom is 0.342 e. The summed E-state index contributed by atoms with van der Waals surface area (Å²) in [6.07, 6.45) is 4.91. The number of allylic oxidation sites excluding steroid dienone is 2. The molecule has 0 saturated carbocycles. The van der Waals surface area contributed by atoms with Gasteiger partial charge in [0, 0.05) is 9.15 Å². The van der Waals surface area contributed by atoms with Gasteiger partial charge in [0.05, 0.1) is 0 Å². The number of rotatable bonds is 7. The summed E-state index contributed by atoms with van der Waals surface area (Å²) in [5.74, 6) is -0.276. The minimum Gasteiger partial charge on any atom is -0.507 e. The third kappa shape index (κ3) is 6.81. The van der Waals surface area contributed by atoms with Crippen LogP contribution in [0.15, 0.2) is 47.7 Å². The summed E-state index contributed by atoms with van der Waals surface area (Å²) >= 11 is 6.54. The third-order valence-corrected chi connectivity index (χ3v) is 5.80. The molecule has 6 heteroatoms. The highest BCUT2D eigenvalue weighted by Crippen LogP contribution is 2.31. The number of carbonyl (C=O) groups excluding carboxylic acids is 1. The number of halogens is 3. The molecule has 1 aromatic carbocycles. The van der Waals surface area contributed by atoms with Crippen molar-refractivity contribution in [3.05, 3.63) is 58.8 Å². The average molecular weight is 692 g/mol. The highest BCUT2D eigenvalue weighted by atomic mass is 127. The van der Waals surface area contributed by atoms with Crippen LogP contribution in [0.3, 0.4) is 0 Å². The Morgan fingerprint density at radius 3 is 2.54 bits per heavy atom. The largest absolute Gasteiger partial charge is 0.507 e. The van der Waals surface area contributed by atoms with E-state index in [0.29, 0.717) is 5.92 Å². The first-order valence-corrected chi connectivity index (χ1v) is 11.7. The fourth-order valence-electron chi connectivity index (χ4n) is 2.20. The number of ether oxygens (including phenoxy) is 1. The number of phenolic OH excluding ortho intramolecular Hbond substituents is 1. The third-order valence-electron chi connectivity index (χ3n) is 4.10. The molecule has 0 fully saturated rings. The average Bonchev–Trinajstić information content (AvgIpc) is 2.58. The van der Waals surface area contributed by atoms with Crippen LogP contribution in [0.1, 0.15) is 56.0 Å². The SMILES string of the molecule is CCC(C)c1ccc(O)c(C(=O)OC(C)(C)C(=C\I)/C=C(I)\C=C\I)c1. The van der Waals surface area contributed by atoms with Crippen LogP contribution in [-0.4, -0.2) is 16.7 Å². The molecule has 1 N–H and O–H groups in total. The molecule has 1 aromatic rings. The van der Waals surface area contributed by atoms with Crippen LogP contribution in [0.25, 0.3) is 0 Å².